The summed E-state index contributed by atoms with van der Waals surface area (Å²) >= 11 is 0. The van der Waals surface area contributed by atoms with Gasteiger partial charge in [0.05, 0.1) is 11.9 Å². The number of rotatable bonds is 3. The van der Waals surface area contributed by atoms with Gasteiger partial charge in [-0.15, -0.1) is 0 Å². The van der Waals surface area contributed by atoms with Gasteiger partial charge in [-0.3, -0.25) is 9.78 Å². The summed E-state index contributed by atoms with van der Waals surface area (Å²) in [6, 6.07) is 11.3. The van der Waals surface area contributed by atoms with E-state index >= 15 is 0 Å². The molecule has 0 unspecified atom stereocenters. The molecule has 1 heterocycles. The Balaban J connectivity index is 2.12. The Morgan fingerprint density at radius 2 is 1.73 bits per heavy atom. The summed E-state index contributed by atoms with van der Waals surface area (Å²) in [5.41, 5.74) is 3.82. The first-order valence-electron chi connectivity index (χ1n) is 7.36. The number of carbonyl (C=O) groups is 1. The number of pyridine rings is 1. The molecule has 0 aliphatic heterocycles. The molecule has 0 spiro atoms. The second-order valence-electron chi connectivity index (χ2n) is 6.47. The topological polar surface area (TPSA) is 42.0 Å². The first-order valence-corrected chi connectivity index (χ1v) is 7.36. The number of anilines is 1. The standard InChI is InChI=1S/C19H22N2O/c1-14(12-19(2,3)4)15-7-9-16(10-8-15)18(22)21-17-6-5-11-20-13-17/h5-13H,1-4H3,(H,21,22). The van der Waals surface area contributed by atoms with Crippen LogP contribution < -0.4 is 5.32 Å². The molecule has 2 aromatic rings. The highest BCUT2D eigenvalue weighted by molar-refractivity contribution is 6.04. The molecule has 0 fully saturated rings. The van der Waals surface area contributed by atoms with Crippen LogP contribution in [0.4, 0.5) is 5.69 Å². The number of hydrogen-bond acceptors (Lipinski definition) is 2. The smallest absolute Gasteiger partial charge is 0.255 e. The number of nitrogens with zero attached hydrogens (tertiary/aromatic N) is 1. The summed E-state index contributed by atoms with van der Waals surface area (Å²) in [6.07, 6.45) is 5.54. The summed E-state index contributed by atoms with van der Waals surface area (Å²) in [5, 5.41) is 2.83. The molecule has 0 bridgehead atoms. The van der Waals surface area contributed by atoms with Crippen molar-refractivity contribution >= 4 is 17.2 Å². The molecule has 0 saturated carbocycles. The Kier molecular flexibility index (Phi) is 4.76. The van der Waals surface area contributed by atoms with Crippen molar-refractivity contribution in [2.24, 2.45) is 5.41 Å². The Bertz CT molecular complexity index is 665. The third-order valence-electron chi connectivity index (χ3n) is 3.17. The van der Waals surface area contributed by atoms with E-state index in [1.807, 2.05) is 30.3 Å². The maximum Gasteiger partial charge on any atom is 0.255 e. The highest BCUT2D eigenvalue weighted by Crippen LogP contribution is 2.23. The van der Waals surface area contributed by atoms with E-state index in [-0.39, 0.29) is 11.3 Å². The SMILES string of the molecule is CC(=CC(C)(C)C)c1ccc(C(=O)Nc2cccnc2)cc1. The van der Waals surface area contributed by atoms with E-state index in [0.717, 1.165) is 5.56 Å². The van der Waals surface area contributed by atoms with E-state index < -0.39 is 0 Å². The van der Waals surface area contributed by atoms with Crippen LogP contribution in [0.2, 0.25) is 0 Å². The molecule has 0 aliphatic carbocycles. The monoisotopic (exact) mass is 294 g/mol. The van der Waals surface area contributed by atoms with Gasteiger partial charge in [-0.05, 0) is 47.7 Å². The Hall–Kier alpha value is -2.42. The van der Waals surface area contributed by atoms with E-state index in [4.69, 9.17) is 0 Å². The van der Waals surface area contributed by atoms with Crippen molar-refractivity contribution in [3.63, 3.8) is 0 Å². The van der Waals surface area contributed by atoms with E-state index in [1.165, 1.54) is 5.57 Å². The number of aromatic nitrogens is 1. The maximum atomic E-state index is 12.2. The quantitative estimate of drug-likeness (QED) is 0.884. The zero-order valence-electron chi connectivity index (χ0n) is 13.6. The third kappa shape index (κ3) is 4.55. The average molecular weight is 294 g/mol. The van der Waals surface area contributed by atoms with Gasteiger partial charge in [-0.2, -0.15) is 0 Å². The predicted molar refractivity (Wildman–Crippen MR) is 91.7 cm³/mol. The van der Waals surface area contributed by atoms with Crippen LogP contribution in [0.1, 0.15) is 43.6 Å². The lowest BCUT2D eigenvalue weighted by Gasteiger charge is -2.14. The van der Waals surface area contributed by atoms with Crippen molar-refractivity contribution in [3.05, 3.63) is 66.0 Å². The van der Waals surface area contributed by atoms with Crippen LogP contribution in [0.3, 0.4) is 0 Å². The van der Waals surface area contributed by atoms with Crippen LogP contribution in [0.5, 0.6) is 0 Å². The molecule has 1 amide bonds. The molecule has 114 valence electrons. The molecule has 0 atom stereocenters. The summed E-state index contributed by atoms with van der Waals surface area (Å²) in [7, 11) is 0. The van der Waals surface area contributed by atoms with E-state index in [0.29, 0.717) is 11.3 Å². The molecule has 1 N–H and O–H groups in total. The van der Waals surface area contributed by atoms with Crippen molar-refractivity contribution in [2.75, 3.05) is 5.32 Å². The van der Waals surface area contributed by atoms with Gasteiger partial charge >= 0.3 is 0 Å². The average Bonchev–Trinajstić information content (AvgIpc) is 2.46. The van der Waals surface area contributed by atoms with Crippen LogP contribution in [0, 0.1) is 5.41 Å². The van der Waals surface area contributed by atoms with Gasteiger partial charge in [0, 0.05) is 11.8 Å². The van der Waals surface area contributed by atoms with Gasteiger partial charge in [-0.25, -0.2) is 0 Å². The highest BCUT2D eigenvalue weighted by Gasteiger charge is 2.09. The lowest BCUT2D eigenvalue weighted by atomic mass is 9.91. The van der Waals surface area contributed by atoms with Crippen LogP contribution in [-0.2, 0) is 0 Å². The number of hydrogen-bond donors (Lipinski definition) is 1. The largest absolute Gasteiger partial charge is 0.321 e. The fourth-order valence-corrected chi connectivity index (χ4v) is 2.26. The molecule has 3 heteroatoms. The second kappa shape index (κ2) is 6.56. The van der Waals surface area contributed by atoms with Gasteiger partial charge < -0.3 is 5.32 Å². The molecule has 0 aliphatic rings. The van der Waals surface area contributed by atoms with Crippen molar-refractivity contribution in [1.29, 1.82) is 0 Å². The normalized spacial score (nSPS) is 12.1. The highest BCUT2D eigenvalue weighted by atomic mass is 16.1. The van der Waals surface area contributed by atoms with Gasteiger partial charge in [0.15, 0.2) is 0 Å². The van der Waals surface area contributed by atoms with E-state index in [2.05, 4.69) is 44.1 Å². The van der Waals surface area contributed by atoms with Crippen LogP contribution in [0.15, 0.2) is 54.9 Å². The minimum Gasteiger partial charge on any atom is -0.321 e. The summed E-state index contributed by atoms with van der Waals surface area (Å²) in [5.74, 6) is -0.128. The number of benzene rings is 1. The van der Waals surface area contributed by atoms with Crippen LogP contribution in [0.25, 0.3) is 5.57 Å². The Morgan fingerprint density at radius 3 is 2.27 bits per heavy atom. The van der Waals surface area contributed by atoms with Crippen LogP contribution >= 0.6 is 0 Å². The maximum absolute atomic E-state index is 12.2. The molecular weight excluding hydrogens is 272 g/mol. The molecule has 1 aromatic heterocycles. The minimum absolute atomic E-state index is 0.128. The van der Waals surface area contributed by atoms with Gasteiger partial charge in [0.25, 0.3) is 5.91 Å². The Labute approximate surface area is 132 Å². The molecule has 2 rings (SSSR count). The number of nitrogens with one attached hydrogen (secondary N) is 1. The van der Waals surface area contributed by atoms with Crippen molar-refractivity contribution in [3.8, 4) is 0 Å². The molecule has 22 heavy (non-hydrogen) atoms. The fourth-order valence-electron chi connectivity index (χ4n) is 2.26. The second-order valence-corrected chi connectivity index (χ2v) is 6.47. The van der Waals surface area contributed by atoms with Gasteiger partial charge in [0.2, 0.25) is 0 Å². The fraction of sp³-hybridized carbons (Fsp3) is 0.263. The number of amides is 1. The molecular formula is C19H22N2O. The lowest BCUT2D eigenvalue weighted by Crippen LogP contribution is -2.11. The van der Waals surface area contributed by atoms with Crippen molar-refractivity contribution in [2.45, 2.75) is 27.7 Å². The first-order chi connectivity index (χ1) is 10.3. The van der Waals surface area contributed by atoms with E-state index in [9.17, 15) is 4.79 Å². The summed E-state index contributed by atoms with van der Waals surface area (Å²) in [6.45, 7) is 8.61. The van der Waals surface area contributed by atoms with Gasteiger partial charge in [0.1, 0.15) is 0 Å². The molecule has 0 saturated heterocycles. The minimum atomic E-state index is -0.128. The predicted octanol–water partition coefficient (Wildman–Crippen LogP) is 4.78. The molecule has 3 nitrogen and oxygen atoms in total. The molecule has 0 radical (unpaired) electrons. The third-order valence-corrected chi connectivity index (χ3v) is 3.17. The number of carbonyl (C=O) groups excluding carboxylic acids is 1. The van der Waals surface area contributed by atoms with E-state index in [1.54, 1.807) is 18.5 Å². The van der Waals surface area contributed by atoms with Crippen LogP contribution in [-0.4, -0.2) is 10.9 Å². The zero-order chi connectivity index (χ0) is 16.2. The summed E-state index contributed by atoms with van der Waals surface area (Å²) in [4.78, 5) is 16.2. The Morgan fingerprint density at radius 1 is 1.09 bits per heavy atom. The van der Waals surface area contributed by atoms with Gasteiger partial charge in [-0.1, -0.05) is 39.0 Å². The molecule has 1 aromatic carbocycles. The number of allylic oxidation sites excluding steroid dienone is 2. The van der Waals surface area contributed by atoms with Crippen molar-refractivity contribution < 1.29 is 4.79 Å². The van der Waals surface area contributed by atoms with Crippen molar-refractivity contribution in [1.82, 2.24) is 4.98 Å². The first kappa shape index (κ1) is 16.0. The lowest BCUT2D eigenvalue weighted by molar-refractivity contribution is 0.102. The zero-order valence-corrected chi connectivity index (χ0v) is 13.6. The summed E-state index contributed by atoms with van der Waals surface area (Å²) < 4.78 is 0.